The number of hydrogen-bond acceptors (Lipinski definition) is 3. The maximum absolute atomic E-state index is 7.92. The van der Waals surface area contributed by atoms with Gasteiger partial charge in [-0.15, -0.1) is 0 Å². The summed E-state index contributed by atoms with van der Waals surface area (Å²) >= 11 is 3.33. The molecule has 0 fully saturated rings. The summed E-state index contributed by atoms with van der Waals surface area (Å²) < 4.78 is 0.944. The van der Waals surface area contributed by atoms with Gasteiger partial charge < -0.3 is 10.3 Å². The fourth-order valence-electron chi connectivity index (χ4n) is 1.14. The van der Waals surface area contributed by atoms with E-state index in [1.807, 2.05) is 26.2 Å². The number of nitrogens with one attached hydrogen (secondary N) is 1. The number of hydrogen-bond donors (Lipinski definition) is 1. The number of pyridine rings is 1. The summed E-state index contributed by atoms with van der Waals surface area (Å²) in [6, 6.07) is 4.15. The third-order valence-electron chi connectivity index (χ3n) is 2.42. The van der Waals surface area contributed by atoms with Crippen LogP contribution in [0.4, 0.5) is 0 Å². The van der Waals surface area contributed by atoms with E-state index in [9.17, 15) is 0 Å². The standard InChI is InChI=1S/C11H16BrN3/c1-8(15(2)3)6-10(13)11-5-4-9(12)7-14-11/h4-5,7-8,13H,6H2,1-3H3/t8-/m1/s1. The molecule has 0 amide bonds. The van der Waals surface area contributed by atoms with E-state index >= 15 is 0 Å². The predicted octanol–water partition coefficient (Wildman–Crippen LogP) is 2.55. The summed E-state index contributed by atoms with van der Waals surface area (Å²) in [7, 11) is 4.04. The fraction of sp³-hybridized carbons (Fsp3) is 0.455. The Labute approximate surface area is 99.2 Å². The molecule has 0 saturated carbocycles. The Morgan fingerprint density at radius 2 is 2.20 bits per heavy atom. The summed E-state index contributed by atoms with van der Waals surface area (Å²) in [6.07, 6.45) is 2.45. The van der Waals surface area contributed by atoms with Gasteiger partial charge in [-0.25, -0.2) is 0 Å². The summed E-state index contributed by atoms with van der Waals surface area (Å²) in [5.74, 6) is 0. The smallest absolute Gasteiger partial charge is 0.0838 e. The van der Waals surface area contributed by atoms with Crippen molar-refractivity contribution in [3.05, 3.63) is 28.5 Å². The van der Waals surface area contributed by atoms with Crippen LogP contribution in [0.25, 0.3) is 0 Å². The van der Waals surface area contributed by atoms with Gasteiger partial charge in [-0.1, -0.05) is 0 Å². The van der Waals surface area contributed by atoms with Crippen molar-refractivity contribution in [2.24, 2.45) is 0 Å². The van der Waals surface area contributed by atoms with E-state index in [-0.39, 0.29) is 0 Å². The monoisotopic (exact) mass is 269 g/mol. The molecule has 0 saturated heterocycles. The van der Waals surface area contributed by atoms with Crippen LogP contribution in [0.3, 0.4) is 0 Å². The second-order valence-corrected chi connectivity index (χ2v) is 4.77. The molecule has 0 bridgehead atoms. The summed E-state index contributed by atoms with van der Waals surface area (Å²) in [5, 5.41) is 7.92. The first-order valence-corrected chi connectivity index (χ1v) is 5.65. The summed E-state index contributed by atoms with van der Waals surface area (Å²) in [4.78, 5) is 6.31. The summed E-state index contributed by atoms with van der Waals surface area (Å²) in [5.41, 5.74) is 1.34. The fourth-order valence-corrected chi connectivity index (χ4v) is 1.37. The molecule has 1 rings (SSSR count). The molecular formula is C11H16BrN3. The van der Waals surface area contributed by atoms with E-state index in [0.29, 0.717) is 11.8 Å². The summed E-state index contributed by atoms with van der Waals surface area (Å²) in [6.45, 7) is 2.10. The Balaban J connectivity index is 2.65. The van der Waals surface area contributed by atoms with Crippen molar-refractivity contribution < 1.29 is 0 Å². The minimum atomic E-state index is 0.364. The van der Waals surface area contributed by atoms with Crippen molar-refractivity contribution in [3.63, 3.8) is 0 Å². The SMILES string of the molecule is C[C@H](CC(=N)c1ccc(Br)cn1)N(C)C. The number of halogens is 1. The third kappa shape index (κ3) is 3.72. The predicted molar refractivity (Wildman–Crippen MR) is 66.5 cm³/mol. The molecule has 0 aliphatic carbocycles. The highest BCUT2D eigenvalue weighted by molar-refractivity contribution is 9.10. The molecule has 0 radical (unpaired) electrons. The molecule has 1 heterocycles. The molecule has 0 aliphatic rings. The lowest BCUT2D eigenvalue weighted by Crippen LogP contribution is -2.27. The zero-order chi connectivity index (χ0) is 11.4. The molecule has 1 aromatic rings. The lowest BCUT2D eigenvalue weighted by atomic mass is 10.1. The quantitative estimate of drug-likeness (QED) is 0.854. The molecule has 1 atom stereocenters. The minimum absolute atomic E-state index is 0.364. The molecule has 1 aromatic heterocycles. The van der Waals surface area contributed by atoms with Crippen LogP contribution in [0.2, 0.25) is 0 Å². The van der Waals surface area contributed by atoms with Crippen molar-refractivity contribution in [2.45, 2.75) is 19.4 Å². The highest BCUT2D eigenvalue weighted by atomic mass is 79.9. The Bertz CT molecular complexity index is 332. The van der Waals surface area contributed by atoms with Crippen LogP contribution < -0.4 is 0 Å². The molecule has 0 aliphatic heterocycles. The van der Waals surface area contributed by atoms with Crippen molar-refractivity contribution in [1.29, 1.82) is 5.41 Å². The van der Waals surface area contributed by atoms with Gasteiger partial charge in [0.15, 0.2) is 0 Å². The molecule has 0 unspecified atom stereocenters. The lowest BCUT2D eigenvalue weighted by molar-refractivity contribution is 0.321. The van der Waals surface area contributed by atoms with Crippen LogP contribution in [0.5, 0.6) is 0 Å². The van der Waals surface area contributed by atoms with Crippen molar-refractivity contribution >= 4 is 21.6 Å². The maximum atomic E-state index is 7.92. The van der Waals surface area contributed by atoms with Gasteiger partial charge in [0.05, 0.1) is 11.4 Å². The Hall–Kier alpha value is -0.740. The maximum Gasteiger partial charge on any atom is 0.0838 e. The van der Waals surface area contributed by atoms with E-state index in [4.69, 9.17) is 5.41 Å². The first kappa shape index (κ1) is 12.3. The molecule has 82 valence electrons. The van der Waals surface area contributed by atoms with Gasteiger partial charge in [0.25, 0.3) is 0 Å². The minimum Gasteiger partial charge on any atom is -0.306 e. The molecule has 4 heteroatoms. The molecule has 0 aromatic carbocycles. The molecule has 15 heavy (non-hydrogen) atoms. The first-order valence-electron chi connectivity index (χ1n) is 4.86. The van der Waals surface area contributed by atoms with E-state index in [1.165, 1.54) is 0 Å². The van der Waals surface area contributed by atoms with Gasteiger partial charge in [-0.2, -0.15) is 0 Å². The van der Waals surface area contributed by atoms with Crippen LogP contribution in [0.15, 0.2) is 22.8 Å². The zero-order valence-corrected chi connectivity index (χ0v) is 10.9. The zero-order valence-electron chi connectivity index (χ0n) is 9.29. The highest BCUT2D eigenvalue weighted by Crippen LogP contribution is 2.10. The van der Waals surface area contributed by atoms with Crippen LogP contribution in [0.1, 0.15) is 19.0 Å². The molecule has 0 spiro atoms. The van der Waals surface area contributed by atoms with Gasteiger partial charge >= 0.3 is 0 Å². The van der Waals surface area contributed by atoms with Crippen LogP contribution in [0, 0.1) is 5.41 Å². The van der Waals surface area contributed by atoms with Crippen molar-refractivity contribution in [3.8, 4) is 0 Å². The first-order chi connectivity index (χ1) is 7.00. The van der Waals surface area contributed by atoms with Crippen molar-refractivity contribution in [1.82, 2.24) is 9.88 Å². The molecule has 3 nitrogen and oxygen atoms in total. The van der Waals surface area contributed by atoms with Crippen LogP contribution in [-0.4, -0.2) is 35.7 Å². The average Bonchev–Trinajstić information content (AvgIpc) is 2.18. The largest absolute Gasteiger partial charge is 0.306 e. The molecular weight excluding hydrogens is 254 g/mol. The van der Waals surface area contributed by atoms with Crippen LogP contribution >= 0.6 is 15.9 Å². The third-order valence-corrected chi connectivity index (χ3v) is 2.89. The van der Waals surface area contributed by atoms with Gasteiger partial charge in [0.2, 0.25) is 0 Å². The van der Waals surface area contributed by atoms with Gasteiger partial charge in [-0.05, 0) is 49.1 Å². The van der Waals surface area contributed by atoms with Crippen molar-refractivity contribution in [2.75, 3.05) is 14.1 Å². The second kappa shape index (κ2) is 5.37. The Kier molecular flexibility index (Phi) is 4.42. The van der Waals surface area contributed by atoms with E-state index in [0.717, 1.165) is 16.6 Å². The van der Waals surface area contributed by atoms with Crippen LogP contribution in [-0.2, 0) is 0 Å². The van der Waals surface area contributed by atoms with E-state index in [2.05, 4.69) is 32.7 Å². The van der Waals surface area contributed by atoms with E-state index < -0.39 is 0 Å². The Morgan fingerprint density at radius 1 is 1.53 bits per heavy atom. The normalized spacial score (nSPS) is 12.9. The number of aromatic nitrogens is 1. The number of rotatable bonds is 4. The highest BCUT2D eigenvalue weighted by Gasteiger charge is 2.10. The lowest BCUT2D eigenvalue weighted by Gasteiger charge is -2.19. The number of nitrogens with zero attached hydrogens (tertiary/aromatic N) is 2. The average molecular weight is 270 g/mol. The molecule has 1 N–H and O–H groups in total. The van der Waals surface area contributed by atoms with Gasteiger partial charge in [-0.3, -0.25) is 4.98 Å². The van der Waals surface area contributed by atoms with E-state index in [1.54, 1.807) is 6.20 Å². The second-order valence-electron chi connectivity index (χ2n) is 3.86. The van der Waals surface area contributed by atoms with Gasteiger partial charge in [0.1, 0.15) is 0 Å². The topological polar surface area (TPSA) is 40.0 Å². The Morgan fingerprint density at radius 3 is 2.67 bits per heavy atom. The van der Waals surface area contributed by atoms with Gasteiger partial charge in [0, 0.05) is 23.1 Å².